The molecule has 0 aliphatic carbocycles. The summed E-state index contributed by atoms with van der Waals surface area (Å²) in [6.45, 7) is 2.89. The Balaban J connectivity index is 1.59. The Morgan fingerprint density at radius 1 is 0.875 bits per heavy atom. The molecule has 0 aliphatic rings. The van der Waals surface area contributed by atoms with E-state index in [1.54, 1.807) is 0 Å². The Morgan fingerprint density at radius 2 is 1.66 bits per heavy atom. The number of nitrogens with zero attached hydrogens (tertiary/aromatic N) is 3. The van der Waals surface area contributed by atoms with Crippen LogP contribution in [0.15, 0.2) is 78.9 Å². The summed E-state index contributed by atoms with van der Waals surface area (Å²) in [5, 5.41) is 1.07. The number of aromatic nitrogens is 3. The lowest BCUT2D eigenvalue weighted by atomic mass is 10.1. The van der Waals surface area contributed by atoms with Gasteiger partial charge in [-0.1, -0.05) is 61.9 Å². The van der Waals surface area contributed by atoms with Crippen LogP contribution in [0.25, 0.3) is 21.9 Å². The van der Waals surface area contributed by atoms with Crippen LogP contribution in [0.5, 0.6) is 11.5 Å². The molecule has 32 heavy (non-hydrogen) atoms. The molecule has 0 spiro atoms. The number of para-hydroxylation sites is 2. The number of ether oxygens (including phenoxy) is 1. The normalized spacial score (nSPS) is 11.3. The Hall–Kier alpha value is -3.86. The smallest absolute Gasteiger partial charge is 0.152 e. The maximum absolute atomic E-state index is 6.33. The first kappa shape index (κ1) is 20.1. The van der Waals surface area contributed by atoms with Gasteiger partial charge in [0.2, 0.25) is 0 Å². The monoisotopic (exact) mass is 422 g/mol. The highest BCUT2D eigenvalue weighted by atomic mass is 16.5. The van der Waals surface area contributed by atoms with E-state index in [2.05, 4.69) is 34.7 Å². The van der Waals surface area contributed by atoms with Gasteiger partial charge in [-0.05, 0) is 42.3 Å². The molecule has 3 aromatic carbocycles. The highest BCUT2D eigenvalue weighted by molar-refractivity contribution is 6.06. The lowest BCUT2D eigenvalue weighted by Crippen LogP contribution is -2.06. The van der Waals surface area contributed by atoms with Crippen molar-refractivity contribution in [1.29, 1.82) is 0 Å². The molecular weight excluding hydrogens is 396 g/mol. The van der Waals surface area contributed by atoms with Crippen molar-refractivity contribution >= 4 is 27.8 Å². The summed E-state index contributed by atoms with van der Waals surface area (Å²) in [6, 6.07) is 26.2. The first-order valence-electron chi connectivity index (χ1n) is 11.1. The second-order valence-corrected chi connectivity index (χ2v) is 7.99. The highest BCUT2D eigenvalue weighted by Crippen LogP contribution is 2.30. The molecule has 0 bridgehead atoms. The van der Waals surface area contributed by atoms with E-state index in [0.29, 0.717) is 12.4 Å². The van der Waals surface area contributed by atoms with Crippen LogP contribution in [0.3, 0.4) is 0 Å². The van der Waals surface area contributed by atoms with E-state index < -0.39 is 0 Å². The van der Waals surface area contributed by atoms with E-state index in [0.717, 1.165) is 64.1 Å². The van der Waals surface area contributed by atoms with Crippen LogP contribution in [0.4, 0.5) is 5.82 Å². The molecule has 2 heterocycles. The van der Waals surface area contributed by atoms with Crippen molar-refractivity contribution in [1.82, 2.24) is 14.5 Å². The van der Waals surface area contributed by atoms with E-state index in [-0.39, 0.29) is 0 Å². The fourth-order valence-electron chi connectivity index (χ4n) is 4.12. The van der Waals surface area contributed by atoms with Crippen LogP contribution in [-0.4, -0.2) is 14.5 Å². The number of aryl methyl sites for hydroxylation is 1. The summed E-state index contributed by atoms with van der Waals surface area (Å²) in [5.74, 6) is 3.17. The van der Waals surface area contributed by atoms with Crippen molar-refractivity contribution in [3.63, 3.8) is 0 Å². The van der Waals surface area contributed by atoms with Crippen molar-refractivity contribution in [2.24, 2.45) is 0 Å². The average molecular weight is 423 g/mol. The van der Waals surface area contributed by atoms with Crippen LogP contribution in [0.1, 0.15) is 31.2 Å². The molecule has 0 amide bonds. The topological polar surface area (TPSA) is 66.0 Å². The molecule has 0 atom stereocenters. The van der Waals surface area contributed by atoms with E-state index in [4.69, 9.17) is 15.5 Å². The van der Waals surface area contributed by atoms with Gasteiger partial charge >= 0.3 is 0 Å². The van der Waals surface area contributed by atoms with Gasteiger partial charge in [0.25, 0.3) is 0 Å². The molecule has 5 rings (SSSR count). The molecule has 0 fully saturated rings. The number of hydrogen-bond donors (Lipinski definition) is 1. The van der Waals surface area contributed by atoms with Crippen LogP contribution >= 0.6 is 0 Å². The molecule has 2 aromatic heterocycles. The number of pyridine rings is 1. The van der Waals surface area contributed by atoms with Gasteiger partial charge in [0.15, 0.2) is 5.82 Å². The Kier molecular flexibility index (Phi) is 5.46. The third-order valence-electron chi connectivity index (χ3n) is 5.66. The first-order valence-corrected chi connectivity index (χ1v) is 11.1. The summed E-state index contributed by atoms with van der Waals surface area (Å²) in [7, 11) is 0. The third-order valence-corrected chi connectivity index (χ3v) is 5.66. The minimum Gasteiger partial charge on any atom is -0.457 e. The second-order valence-electron chi connectivity index (χ2n) is 7.99. The second kappa shape index (κ2) is 8.71. The minimum atomic E-state index is 0.483. The molecule has 0 radical (unpaired) electrons. The van der Waals surface area contributed by atoms with Gasteiger partial charge in [-0.3, -0.25) is 0 Å². The van der Waals surface area contributed by atoms with Crippen molar-refractivity contribution in [3.05, 3.63) is 90.3 Å². The number of imidazole rings is 1. The summed E-state index contributed by atoms with van der Waals surface area (Å²) >= 11 is 0. The van der Waals surface area contributed by atoms with Gasteiger partial charge in [-0.15, -0.1) is 0 Å². The molecule has 5 heteroatoms. The lowest BCUT2D eigenvalue weighted by molar-refractivity contribution is 0.481. The average Bonchev–Trinajstić information content (AvgIpc) is 3.18. The predicted octanol–water partition coefficient (Wildman–Crippen LogP) is 6.35. The van der Waals surface area contributed by atoms with E-state index in [1.165, 1.54) is 0 Å². The minimum absolute atomic E-state index is 0.483. The maximum atomic E-state index is 6.33. The number of benzene rings is 3. The maximum Gasteiger partial charge on any atom is 0.152 e. The first-order chi connectivity index (χ1) is 15.7. The molecule has 0 saturated carbocycles. The predicted molar refractivity (Wildman–Crippen MR) is 130 cm³/mol. The van der Waals surface area contributed by atoms with Crippen LogP contribution in [0.2, 0.25) is 0 Å². The van der Waals surface area contributed by atoms with Gasteiger partial charge in [0.05, 0.1) is 11.0 Å². The van der Waals surface area contributed by atoms with E-state index in [9.17, 15) is 0 Å². The number of fused-ring (bicyclic) bond motifs is 3. The van der Waals surface area contributed by atoms with Gasteiger partial charge in [0.1, 0.15) is 22.8 Å². The van der Waals surface area contributed by atoms with Crippen LogP contribution < -0.4 is 10.5 Å². The molecular formula is C27H26N4O. The molecule has 0 aliphatic heterocycles. The zero-order chi connectivity index (χ0) is 21.9. The summed E-state index contributed by atoms with van der Waals surface area (Å²) in [4.78, 5) is 9.52. The number of hydrogen-bond acceptors (Lipinski definition) is 4. The summed E-state index contributed by atoms with van der Waals surface area (Å²) in [5.41, 5.74) is 10.2. The van der Waals surface area contributed by atoms with Crippen LogP contribution in [0, 0.1) is 0 Å². The fourth-order valence-corrected chi connectivity index (χ4v) is 4.12. The zero-order valence-electron chi connectivity index (χ0n) is 18.2. The molecule has 5 aromatic rings. The molecule has 160 valence electrons. The quantitative estimate of drug-likeness (QED) is 0.332. The Morgan fingerprint density at radius 3 is 2.50 bits per heavy atom. The van der Waals surface area contributed by atoms with Gasteiger partial charge in [-0.25, -0.2) is 9.97 Å². The van der Waals surface area contributed by atoms with Crippen molar-refractivity contribution in [3.8, 4) is 11.5 Å². The zero-order valence-corrected chi connectivity index (χ0v) is 18.2. The Labute approximate surface area is 187 Å². The van der Waals surface area contributed by atoms with Crippen molar-refractivity contribution in [2.75, 3.05) is 5.73 Å². The molecule has 0 unspecified atom stereocenters. The lowest BCUT2D eigenvalue weighted by Gasteiger charge is -2.12. The number of unbranched alkanes of at least 4 members (excludes halogenated alkanes) is 1. The van der Waals surface area contributed by atoms with E-state index >= 15 is 0 Å². The molecule has 5 nitrogen and oxygen atoms in total. The highest BCUT2D eigenvalue weighted by Gasteiger charge is 2.17. The molecule has 0 saturated heterocycles. The van der Waals surface area contributed by atoms with Gasteiger partial charge in [0, 0.05) is 18.4 Å². The standard InChI is InChI=1S/C27H26N4O/c1-2-3-16-24-30-25-26(22-14-7-8-15-23(22)29-27(25)28)31(24)18-19-10-9-13-21(17-19)32-20-11-5-4-6-12-20/h4-15,17H,2-3,16,18H2,1H3,(H2,28,29). The SMILES string of the molecule is CCCCc1nc2c(N)nc3ccccc3c2n1Cc1cccc(Oc2ccccc2)c1. The van der Waals surface area contributed by atoms with Crippen molar-refractivity contribution < 1.29 is 4.74 Å². The van der Waals surface area contributed by atoms with Crippen molar-refractivity contribution in [2.45, 2.75) is 32.7 Å². The number of nitrogens with two attached hydrogens (primary N) is 1. The van der Waals surface area contributed by atoms with Gasteiger partial charge in [-0.2, -0.15) is 0 Å². The molecule has 2 N–H and O–H groups in total. The number of anilines is 1. The third kappa shape index (κ3) is 3.89. The fraction of sp³-hybridized carbons (Fsp3) is 0.185. The summed E-state index contributed by atoms with van der Waals surface area (Å²) < 4.78 is 8.35. The number of nitrogen functional groups attached to an aromatic ring is 1. The van der Waals surface area contributed by atoms with Crippen LogP contribution in [-0.2, 0) is 13.0 Å². The summed E-state index contributed by atoms with van der Waals surface area (Å²) in [6.07, 6.45) is 3.09. The van der Waals surface area contributed by atoms with E-state index in [1.807, 2.05) is 60.7 Å². The number of rotatable bonds is 7. The largest absolute Gasteiger partial charge is 0.457 e. The Bertz CT molecular complexity index is 1380. The van der Waals surface area contributed by atoms with Gasteiger partial charge < -0.3 is 15.0 Å².